The molecule has 2 atom stereocenters. The van der Waals surface area contributed by atoms with Crippen molar-refractivity contribution in [1.29, 1.82) is 0 Å². The van der Waals surface area contributed by atoms with Gasteiger partial charge >= 0.3 is 0 Å². The SMILES string of the molecule is Cc1c(S(=O)(=O)N2CC(CO)OCC2C)c(N)nn1C. The van der Waals surface area contributed by atoms with Crippen LogP contribution < -0.4 is 5.73 Å². The molecule has 0 amide bonds. The van der Waals surface area contributed by atoms with Crippen LogP contribution in [0.15, 0.2) is 4.90 Å². The molecule has 3 N–H and O–H groups in total. The fourth-order valence-corrected chi connectivity index (χ4v) is 4.23. The van der Waals surface area contributed by atoms with Crippen LogP contribution in [0, 0.1) is 6.92 Å². The summed E-state index contributed by atoms with van der Waals surface area (Å²) < 4.78 is 33.7. The van der Waals surface area contributed by atoms with Gasteiger partial charge in [-0.05, 0) is 13.8 Å². The highest BCUT2D eigenvalue weighted by Crippen LogP contribution is 2.28. The summed E-state index contributed by atoms with van der Waals surface area (Å²) in [5.41, 5.74) is 6.22. The summed E-state index contributed by atoms with van der Waals surface area (Å²) in [6.07, 6.45) is -0.515. The van der Waals surface area contributed by atoms with E-state index in [1.807, 2.05) is 0 Å². The van der Waals surface area contributed by atoms with Crippen LogP contribution in [0.25, 0.3) is 0 Å². The minimum atomic E-state index is -3.76. The normalized spacial score (nSPS) is 25.0. The van der Waals surface area contributed by atoms with Crippen LogP contribution in [0.5, 0.6) is 0 Å². The van der Waals surface area contributed by atoms with Gasteiger partial charge in [-0.15, -0.1) is 0 Å². The van der Waals surface area contributed by atoms with Gasteiger partial charge in [0.1, 0.15) is 4.90 Å². The number of hydrogen-bond acceptors (Lipinski definition) is 6. The van der Waals surface area contributed by atoms with Crippen LogP contribution >= 0.6 is 0 Å². The molecule has 20 heavy (non-hydrogen) atoms. The van der Waals surface area contributed by atoms with E-state index >= 15 is 0 Å². The Hall–Kier alpha value is -1.16. The summed E-state index contributed by atoms with van der Waals surface area (Å²) in [5, 5.41) is 13.1. The van der Waals surface area contributed by atoms with Gasteiger partial charge in [0.2, 0.25) is 10.0 Å². The van der Waals surface area contributed by atoms with Gasteiger partial charge < -0.3 is 15.6 Å². The minimum absolute atomic E-state index is 0.00996. The fourth-order valence-electron chi connectivity index (χ4n) is 2.29. The highest BCUT2D eigenvalue weighted by Gasteiger charge is 2.38. The van der Waals surface area contributed by atoms with Crippen molar-refractivity contribution in [2.75, 3.05) is 25.5 Å². The molecule has 2 unspecified atom stereocenters. The maximum Gasteiger partial charge on any atom is 0.249 e. The predicted molar refractivity (Wildman–Crippen MR) is 72.5 cm³/mol. The van der Waals surface area contributed by atoms with Crippen LogP contribution in [-0.4, -0.2) is 59.5 Å². The minimum Gasteiger partial charge on any atom is -0.394 e. The van der Waals surface area contributed by atoms with E-state index in [-0.39, 0.29) is 36.5 Å². The van der Waals surface area contributed by atoms with Gasteiger partial charge in [0.15, 0.2) is 5.82 Å². The van der Waals surface area contributed by atoms with Crippen molar-refractivity contribution in [1.82, 2.24) is 14.1 Å². The number of ether oxygens (including phenoxy) is 1. The smallest absolute Gasteiger partial charge is 0.249 e. The maximum absolute atomic E-state index is 12.8. The standard InChI is InChI=1S/C11H20N4O4S/c1-7-6-19-9(5-16)4-15(7)20(17,18)10-8(2)14(3)13-11(10)12/h7,9,16H,4-6H2,1-3H3,(H2,12,13). The van der Waals surface area contributed by atoms with E-state index in [0.717, 1.165) is 0 Å². The van der Waals surface area contributed by atoms with Gasteiger partial charge in [0.25, 0.3) is 0 Å². The molecule has 8 nitrogen and oxygen atoms in total. The molecule has 0 spiro atoms. The number of morpholine rings is 1. The quantitative estimate of drug-likeness (QED) is 0.747. The second-order valence-corrected chi connectivity index (χ2v) is 6.81. The molecule has 0 aliphatic carbocycles. The van der Waals surface area contributed by atoms with Crippen LogP contribution in [0.3, 0.4) is 0 Å². The average Bonchev–Trinajstić information content (AvgIpc) is 2.64. The average molecular weight is 304 g/mol. The Labute approximate surface area is 118 Å². The van der Waals surface area contributed by atoms with Crippen LogP contribution in [0.2, 0.25) is 0 Å². The number of aliphatic hydroxyl groups is 1. The molecule has 0 saturated carbocycles. The Kier molecular flexibility index (Phi) is 4.05. The lowest BCUT2D eigenvalue weighted by Crippen LogP contribution is -2.52. The topological polar surface area (TPSA) is 111 Å². The molecule has 0 radical (unpaired) electrons. The third-order valence-electron chi connectivity index (χ3n) is 3.52. The van der Waals surface area contributed by atoms with Crippen molar-refractivity contribution >= 4 is 15.8 Å². The van der Waals surface area contributed by atoms with Crippen LogP contribution in [0.4, 0.5) is 5.82 Å². The molecule has 114 valence electrons. The molecule has 1 fully saturated rings. The van der Waals surface area contributed by atoms with Gasteiger partial charge in [-0.25, -0.2) is 8.42 Å². The van der Waals surface area contributed by atoms with E-state index < -0.39 is 16.1 Å². The Morgan fingerprint density at radius 2 is 2.20 bits per heavy atom. The second-order valence-electron chi connectivity index (χ2n) is 4.99. The van der Waals surface area contributed by atoms with Crippen molar-refractivity contribution in [2.24, 2.45) is 7.05 Å². The Bertz CT molecular complexity index is 598. The molecule has 1 aliphatic rings. The van der Waals surface area contributed by atoms with Crippen molar-refractivity contribution in [3.05, 3.63) is 5.69 Å². The summed E-state index contributed by atoms with van der Waals surface area (Å²) in [7, 11) is -2.12. The van der Waals surface area contributed by atoms with Gasteiger partial charge in [-0.2, -0.15) is 9.40 Å². The maximum atomic E-state index is 12.8. The molecule has 9 heteroatoms. The van der Waals surface area contributed by atoms with E-state index in [1.54, 1.807) is 20.9 Å². The molecule has 0 aromatic carbocycles. The van der Waals surface area contributed by atoms with Crippen LogP contribution in [0.1, 0.15) is 12.6 Å². The first-order chi connectivity index (χ1) is 9.28. The van der Waals surface area contributed by atoms with Crippen molar-refractivity contribution in [3.63, 3.8) is 0 Å². The lowest BCUT2D eigenvalue weighted by atomic mass is 10.2. The number of aromatic nitrogens is 2. The molecule has 1 aromatic heterocycles. The van der Waals surface area contributed by atoms with Crippen LogP contribution in [-0.2, 0) is 21.8 Å². The molecular formula is C11H20N4O4S. The molecular weight excluding hydrogens is 284 g/mol. The molecule has 1 saturated heterocycles. The van der Waals surface area contributed by atoms with E-state index in [1.165, 1.54) is 8.99 Å². The number of rotatable bonds is 3. The first kappa shape index (κ1) is 15.2. The van der Waals surface area contributed by atoms with E-state index in [2.05, 4.69) is 5.10 Å². The predicted octanol–water partition coefficient (Wildman–Crippen LogP) is -0.919. The Morgan fingerprint density at radius 3 is 2.70 bits per heavy atom. The zero-order valence-corrected chi connectivity index (χ0v) is 12.6. The zero-order valence-electron chi connectivity index (χ0n) is 11.8. The number of anilines is 1. The third kappa shape index (κ3) is 2.41. The lowest BCUT2D eigenvalue weighted by molar-refractivity contribution is -0.0516. The fraction of sp³-hybridized carbons (Fsp3) is 0.727. The Balaban J connectivity index is 2.43. The van der Waals surface area contributed by atoms with Crippen molar-refractivity contribution in [2.45, 2.75) is 30.9 Å². The largest absolute Gasteiger partial charge is 0.394 e. The summed E-state index contributed by atoms with van der Waals surface area (Å²) in [6, 6.07) is -0.318. The number of nitrogens with zero attached hydrogens (tertiary/aromatic N) is 3. The molecule has 1 aromatic rings. The Morgan fingerprint density at radius 1 is 1.55 bits per heavy atom. The number of nitrogen functional groups attached to an aromatic ring is 1. The molecule has 1 aliphatic heterocycles. The van der Waals surface area contributed by atoms with E-state index in [0.29, 0.717) is 5.69 Å². The first-order valence-electron chi connectivity index (χ1n) is 6.32. The third-order valence-corrected chi connectivity index (χ3v) is 5.67. The molecule has 2 heterocycles. The van der Waals surface area contributed by atoms with Gasteiger partial charge in [-0.1, -0.05) is 0 Å². The number of hydrogen-bond donors (Lipinski definition) is 2. The number of aliphatic hydroxyl groups excluding tert-OH is 1. The van der Waals surface area contributed by atoms with E-state index in [9.17, 15) is 8.42 Å². The number of sulfonamides is 1. The zero-order chi connectivity index (χ0) is 15.1. The summed E-state index contributed by atoms with van der Waals surface area (Å²) in [4.78, 5) is 0.0328. The molecule has 0 bridgehead atoms. The summed E-state index contributed by atoms with van der Waals surface area (Å²) in [5.74, 6) is -0.00996. The lowest BCUT2D eigenvalue weighted by Gasteiger charge is -2.36. The van der Waals surface area contributed by atoms with Gasteiger partial charge in [0, 0.05) is 19.6 Å². The number of aryl methyl sites for hydroxylation is 1. The highest BCUT2D eigenvalue weighted by atomic mass is 32.2. The highest BCUT2D eigenvalue weighted by molar-refractivity contribution is 7.89. The van der Waals surface area contributed by atoms with Crippen molar-refractivity contribution in [3.8, 4) is 0 Å². The molecule has 2 rings (SSSR count). The number of nitrogens with two attached hydrogens (primary N) is 1. The van der Waals surface area contributed by atoms with Gasteiger partial charge in [0.05, 0.1) is 25.0 Å². The summed E-state index contributed by atoms with van der Waals surface area (Å²) >= 11 is 0. The summed E-state index contributed by atoms with van der Waals surface area (Å²) in [6.45, 7) is 3.54. The van der Waals surface area contributed by atoms with Gasteiger partial charge in [-0.3, -0.25) is 4.68 Å². The van der Waals surface area contributed by atoms with E-state index in [4.69, 9.17) is 15.6 Å². The second kappa shape index (κ2) is 5.32. The van der Waals surface area contributed by atoms with Crippen molar-refractivity contribution < 1.29 is 18.3 Å². The monoisotopic (exact) mass is 304 g/mol. The first-order valence-corrected chi connectivity index (χ1v) is 7.76.